The van der Waals surface area contributed by atoms with Gasteiger partial charge in [-0.25, -0.2) is 0 Å². The normalized spacial score (nSPS) is 10.7. The van der Waals surface area contributed by atoms with E-state index in [9.17, 15) is 4.79 Å². The van der Waals surface area contributed by atoms with Gasteiger partial charge in [0.25, 0.3) is 0 Å². The molecule has 0 spiro atoms. The fourth-order valence-electron chi connectivity index (χ4n) is 2.39. The Hall–Kier alpha value is -2.82. The second-order valence-corrected chi connectivity index (χ2v) is 5.74. The van der Waals surface area contributed by atoms with Gasteiger partial charge in [-0.3, -0.25) is 4.79 Å². The van der Waals surface area contributed by atoms with Gasteiger partial charge in [-0.15, -0.1) is 5.16 Å². The first kappa shape index (κ1) is 18.5. The van der Waals surface area contributed by atoms with Crippen molar-refractivity contribution in [2.75, 3.05) is 5.32 Å². The van der Waals surface area contributed by atoms with Crippen LogP contribution in [0.15, 0.2) is 59.8 Å². The molecule has 5 heteroatoms. The minimum absolute atomic E-state index is 0.0219. The average molecular weight is 340 g/mol. The number of nitrogens with zero attached hydrogens (tertiary/aromatic N) is 1. The van der Waals surface area contributed by atoms with Gasteiger partial charge in [0, 0.05) is 18.3 Å². The topological polar surface area (TPSA) is 70.9 Å². The number of unbranched alkanes of at least 4 members (excludes halogenated alkanes) is 4. The molecule has 0 saturated heterocycles. The van der Waals surface area contributed by atoms with Gasteiger partial charge in [0.1, 0.15) is 11.5 Å². The third-order valence-electron chi connectivity index (χ3n) is 3.69. The lowest BCUT2D eigenvalue weighted by Crippen LogP contribution is -2.10. The highest BCUT2D eigenvalue weighted by molar-refractivity contribution is 5.90. The van der Waals surface area contributed by atoms with E-state index in [4.69, 9.17) is 9.94 Å². The number of hydrogen-bond donors (Lipinski definition) is 2. The van der Waals surface area contributed by atoms with Crippen LogP contribution in [0.25, 0.3) is 0 Å². The highest BCUT2D eigenvalue weighted by Gasteiger charge is 2.03. The molecule has 0 saturated carbocycles. The number of para-hydroxylation sites is 1. The fourth-order valence-corrected chi connectivity index (χ4v) is 2.39. The SMILES string of the molecule is O=C(CCCCCC/C=N/O)Nc1ccc(Oc2ccccc2)cc1. The Bertz CT molecular complexity index is 654. The highest BCUT2D eigenvalue weighted by Crippen LogP contribution is 2.22. The first-order valence-electron chi connectivity index (χ1n) is 8.56. The summed E-state index contributed by atoms with van der Waals surface area (Å²) in [5.74, 6) is 1.54. The van der Waals surface area contributed by atoms with Crippen molar-refractivity contribution < 1.29 is 14.7 Å². The molecule has 25 heavy (non-hydrogen) atoms. The smallest absolute Gasteiger partial charge is 0.224 e. The number of rotatable bonds is 10. The molecule has 0 aliphatic rings. The number of oxime groups is 1. The van der Waals surface area contributed by atoms with Gasteiger partial charge in [0.15, 0.2) is 0 Å². The van der Waals surface area contributed by atoms with E-state index in [-0.39, 0.29) is 5.91 Å². The van der Waals surface area contributed by atoms with Crippen LogP contribution in [-0.2, 0) is 4.79 Å². The summed E-state index contributed by atoms with van der Waals surface area (Å²) in [5, 5.41) is 14.1. The van der Waals surface area contributed by atoms with Crippen LogP contribution in [0.5, 0.6) is 11.5 Å². The maximum Gasteiger partial charge on any atom is 0.224 e. The first-order chi connectivity index (χ1) is 12.3. The van der Waals surface area contributed by atoms with Crippen LogP contribution in [0.1, 0.15) is 38.5 Å². The monoisotopic (exact) mass is 340 g/mol. The molecule has 0 heterocycles. The van der Waals surface area contributed by atoms with Crippen molar-refractivity contribution in [1.29, 1.82) is 0 Å². The maximum absolute atomic E-state index is 11.9. The highest BCUT2D eigenvalue weighted by atomic mass is 16.5. The van der Waals surface area contributed by atoms with Crippen molar-refractivity contribution in [3.8, 4) is 11.5 Å². The molecule has 132 valence electrons. The van der Waals surface area contributed by atoms with Crippen LogP contribution < -0.4 is 10.1 Å². The quantitative estimate of drug-likeness (QED) is 0.270. The fraction of sp³-hybridized carbons (Fsp3) is 0.300. The average Bonchev–Trinajstić information content (AvgIpc) is 2.63. The third-order valence-corrected chi connectivity index (χ3v) is 3.69. The van der Waals surface area contributed by atoms with Crippen molar-refractivity contribution >= 4 is 17.8 Å². The lowest BCUT2D eigenvalue weighted by atomic mass is 10.1. The summed E-state index contributed by atoms with van der Waals surface area (Å²) in [6.45, 7) is 0. The molecule has 1 amide bonds. The van der Waals surface area contributed by atoms with Crippen LogP contribution in [0.3, 0.4) is 0 Å². The number of anilines is 1. The Labute approximate surface area is 148 Å². The van der Waals surface area contributed by atoms with E-state index in [1.165, 1.54) is 6.21 Å². The lowest BCUT2D eigenvalue weighted by Gasteiger charge is -2.08. The van der Waals surface area contributed by atoms with E-state index in [1.54, 1.807) is 0 Å². The standard InChI is InChI=1S/C20H24N2O3/c23-20(11-7-2-1-3-8-16-21-24)22-17-12-14-19(15-13-17)25-18-9-5-4-6-10-18/h4-6,9-10,12-16,24H,1-3,7-8,11H2,(H,22,23)/b21-16+. The molecule has 0 aromatic heterocycles. The Morgan fingerprint density at radius 1 is 0.960 bits per heavy atom. The van der Waals surface area contributed by atoms with Gasteiger partial charge >= 0.3 is 0 Å². The summed E-state index contributed by atoms with van der Waals surface area (Å²) >= 11 is 0. The predicted octanol–water partition coefficient (Wildman–Crippen LogP) is 5.22. The summed E-state index contributed by atoms with van der Waals surface area (Å²) in [6.07, 6.45) is 6.65. The summed E-state index contributed by atoms with van der Waals surface area (Å²) in [7, 11) is 0. The molecule has 2 aromatic carbocycles. The molecule has 0 aliphatic carbocycles. The zero-order valence-electron chi connectivity index (χ0n) is 14.2. The van der Waals surface area contributed by atoms with E-state index in [0.29, 0.717) is 6.42 Å². The Kier molecular flexibility index (Phi) is 8.05. The molecule has 2 N–H and O–H groups in total. The van der Waals surface area contributed by atoms with E-state index >= 15 is 0 Å². The number of nitrogens with one attached hydrogen (secondary N) is 1. The molecule has 5 nitrogen and oxygen atoms in total. The van der Waals surface area contributed by atoms with E-state index in [0.717, 1.165) is 49.3 Å². The number of benzene rings is 2. The van der Waals surface area contributed by atoms with Crippen LogP contribution in [0.2, 0.25) is 0 Å². The third kappa shape index (κ3) is 7.52. The Morgan fingerprint density at radius 2 is 1.64 bits per heavy atom. The van der Waals surface area contributed by atoms with E-state index < -0.39 is 0 Å². The molecule has 0 aliphatic heterocycles. The Morgan fingerprint density at radius 3 is 2.36 bits per heavy atom. The van der Waals surface area contributed by atoms with Crippen molar-refractivity contribution in [2.24, 2.45) is 5.16 Å². The first-order valence-corrected chi connectivity index (χ1v) is 8.56. The molecule has 0 atom stereocenters. The van der Waals surface area contributed by atoms with Crippen molar-refractivity contribution in [3.63, 3.8) is 0 Å². The van der Waals surface area contributed by atoms with Crippen LogP contribution in [0, 0.1) is 0 Å². The van der Waals surface area contributed by atoms with Gasteiger partial charge in [-0.05, 0) is 55.7 Å². The van der Waals surface area contributed by atoms with Crippen molar-refractivity contribution in [1.82, 2.24) is 0 Å². The van der Waals surface area contributed by atoms with Crippen LogP contribution in [-0.4, -0.2) is 17.3 Å². The maximum atomic E-state index is 11.9. The molecule has 2 rings (SSSR count). The second kappa shape index (κ2) is 10.9. The largest absolute Gasteiger partial charge is 0.457 e. The minimum Gasteiger partial charge on any atom is -0.457 e. The zero-order chi connectivity index (χ0) is 17.7. The zero-order valence-corrected chi connectivity index (χ0v) is 14.2. The molecule has 0 radical (unpaired) electrons. The minimum atomic E-state index is 0.0219. The Balaban J connectivity index is 1.67. The predicted molar refractivity (Wildman–Crippen MR) is 99.6 cm³/mol. The van der Waals surface area contributed by atoms with Gasteiger partial charge in [0.05, 0.1) is 0 Å². The van der Waals surface area contributed by atoms with E-state index in [2.05, 4.69) is 10.5 Å². The molecule has 2 aromatic rings. The van der Waals surface area contributed by atoms with Crippen LogP contribution >= 0.6 is 0 Å². The second-order valence-electron chi connectivity index (χ2n) is 5.74. The summed E-state index contributed by atoms with van der Waals surface area (Å²) in [5.41, 5.74) is 0.768. The number of carbonyl (C=O) groups excluding carboxylic acids is 1. The number of ether oxygens (including phenoxy) is 1. The summed E-state index contributed by atoms with van der Waals surface area (Å²) < 4.78 is 5.72. The number of amides is 1. The van der Waals surface area contributed by atoms with Gasteiger partial charge in [-0.2, -0.15) is 0 Å². The molecule has 0 bridgehead atoms. The van der Waals surface area contributed by atoms with Crippen molar-refractivity contribution in [2.45, 2.75) is 38.5 Å². The molecule has 0 unspecified atom stereocenters. The van der Waals surface area contributed by atoms with Crippen molar-refractivity contribution in [3.05, 3.63) is 54.6 Å². The lowest BCUT2D eigenvalue weighted by molar-refractivity contribution is -0.116. The van der Waals surface area contributed by atoms with Gasteiger partial charge in [0.2, 0.25) is 5.91 Å². The molecular weight excluding hydrogens is 316 g/mol. The molecule has 0 fully saturated rings. The number of hydrogen-bond acceptors (Lipinski definition) is 4. The number of carbonyl (C=O) groups is 1. The molecular formula is C20H24N2O3. The van der Waals surface area contributed by atoms with Gasteiger partial charge < -0.3 is 15.3 Å². The van der Waals surface area contributed by atoms with Gasteiger partial charge in [-0.1, -0.05) is 31.0 Å². The van der Waals surface area contributed by atoms with Crippen LogP contribution in [0.4, 0.5) is 5.69 Å². The summed E-state index contributed by atoms with van der Waals surface area (Å²) in [4.78, 5) is 11.9. The summed E-state index contributed by atoms with van der Waals surface area (Å²) in [6, 6.07) is 16.9. The van der Waals surface area contributed by atoms with E-state index in [1.807, 2.05) is 54.6 Å².